The van der Waals surface area contributed by atoms with Gasteiger partial charge in [-0.2, -0.15) is 0 Å². The van der Waals surface area contributed by atoms with Crippen molar-refractivity contribution in [2.24, 2.45) is 0 Å². The number of aromatic nitrogens is 1. The molecule has 16 heavy (non-hydrogen) atoms. The molecule has 0 aliphatic carbocycles. The van der Waals surface area contributed by atoms with E-state index >= 15 is 0 Å². The van der Waals surface area contributed by atoms with Crippen LogP contribution in [0.15, 0.2) is 12.1 Å². The highest BCUT2D eigenvalue weighted by molar-refractivity contribution is 5.43. The Bertz CT molecular complexity index is 348. The van der Waals surface area contributed by atoms with E-state index in [1.807, 2.05) is 14.0 Å². The Morgan fingerprint density at radius 1 is 1.38 bits per heavy atom. The van der Waals surface area contributed by atoms with Crippen molar-refractivity contribution in [2.75, 3.05) is 38.3 Å². The van der Waals surface area contributed by atoms with Gasteiger partial charge in [-0.3, -0.25) is 0 Å². The minimum Gasteiger partial charge on any atom is -0.378 e. The molecule has 4 nitrogen and oxygen atoms in total. The predicted octanol–water partition coefficient (Wildman–Crippen LogP) is 0.946. The maximum Gasteiger partial charge on any atom is 0.129 e. The van der Waals surface area contributed by atoms with Crippen LogP contribution in [0.25, 0.3) is 0 Å². The van der Waals surface area contributed by atoms with Crippen molar-refractivity contribution in [1.82, 2.24) is 10.3 Å². The van der Waals surface area contributed by atoms with E-state index in [1.54, 1.807) is 0 Å². The molecule has 1 aliphatic rings. The summed E-state index contributed by atoms with van der Waals surface area (Å²) < 4.78 is 5.35. The van der Waals surface area contributed by atoms with Crippen molar-refractivity contribution in [2.45, 2.75) is 13.5 Å². The molecule has 0 aromatic carbocycles. The van der Waals surface area contributed by atoms with Crippen molar-refractivity contribution < 1.29 is 4.74 Å². The van der Waals surface area contributed by atoms with Crippen LogP contribution in [0.4, 0.5) is 5.82 Å². The van der Waals surface area contributed by atoms with Crippen LogP contribution in [0.5, 0.6) is 0 Å². The van der Waals surface area contributed by atoms with Gasteiger partial charge in [0, 0.05) is 25.3 Å². The average molecular weight is 221 g/mol. The topological polar surface area (TPSA) is 37.4 Å². The highest BCUT2D eigenvalue weighted by Crippen LogP contribution is 2.16. The van der Waals surface area contributed by atoms with Crippen LogP contribution in [-0.2, 0) is 11.3 Å². The van der Waals surface area contributed by atoms with Crippen molar-refractivity contribution >= 4 is 5.82 Å². The number of morpholine rings is 1. The number of aryl methyl sites for hydroxylation is 1. The Kier molecular flexibility index (Phi) is 3.74. The second-order valence-corrected chi connectivity index (χ2v) is 4.10. The van der Waals surface area contributed by atoms with Crippen molar-refractivity contribution in [1.29, 1.82) is 0 Å². The average Bonchev–Trinajstić information content (AvgIpc) is 2.30. The number of nitrogens with zero attached hydrogens (tertiary/aromatic N) is 2. The van der Waals surface area contributed by atoms with E-state index < -0.39 is 0 Å². The van der Waals surface area contributed by atoms with E-state index in [0.717, 1.165) is 44.4 Å². The number of anilines is 1. The lowest BCUT2D eigenvalue weighted by Crippen LogP contribution is -2.36. The maximum absolute atomic E-state index is 5.35. The minimum atomic E-state index is 0.803. The fraction of sp³-hybridized carbons (Fsp3) is 0.583. The first-order valence-corrected chi connectivity index (χ1v) is 5.74. The van der Waals surface area contributed by atoms with Gasteiger partial charge in [-0.15, -0.1) is 0 Å². The van der Waals surface area contributed by atoms with Gasteiger partial charge in [0.2, 0.25) is 0 Å². The molecule has 1 fully saturated rings. The molecule has 0 unspecified atom stereocenters. The first kappa shape index (κ1) is 11.4. The summed E-state index contributed by atoms with van der Waals surface area (Å²) in [6, 6.07) is 4.29. The second-order valence-electron chi connectivity index (χ2n) is 4.10. The third kappa shape index (κ3) is 2.71. The van der Waals surface area contributed by atoms with Crippen LogP contribution in [0, 0.1) is 6.92 Å². The van der Waals surface area contributed by atoms with E-state index in [4.69, 9.17) is 4.74 Å². The fourth-order valence-corrected chi connectivity index (χ4v) is 1.98. The molecule has 1 aromatic rings. The normalized spacial score (nSPS) is 16.5. The smallest absolute Gasteiger partial charge is 0.129 e. The van der Waals surface area contributed by atoms with Gasteiger partial charge in [0.1, 0.15) is 5.82 Å². The Balaban J connectivity index is 2.18. The summed E-state index contributed by atoms with van der Waals surface area (Å²) >= 11 is 0. The van der Waals surface area contributed by atoms with Gasteiger partial charge in [-0.25, -0.2) is 4.98 Å². The second kappa shape index (κ2) is 5.27. The summed E-state index contributed by atoms with van der Waals surface area (Å²) in [5.41, 5.74) is 2.37. The molecule has 0 bridgehead atoms. The van der Waals surface area contributed by atoms with E-state index in [1.165, 1.54) is 5.56 Å². The lowest BCUT2D eigenvalue weighted by atomic mass is 10.2. The Labute approximate surface area is 96.6 Å². The number of ether oxygens (including phenoxy) is 1. The Hall–Kier alpha value is -1.13. The predicted molar refractivity (Wildman–Crippen MR) is 64.8 cm³/mol. The first-order chi connectivity index (χ1) is 7.79. The largest absolute Gasteiger partial charge is 0.378 e. The molecule has 2 heterocycles. The molecule has 1 aromatic heterocycles. The van der Waals surface area contributed by atoms with Crippen molar-refractivity contribution in [3.63, 3.8) is 0 Å². The summed E-state index contributed by atoms with van der Waals surface area (Å²) in [6.45, 7) is 6.42. The van der Waals surface area contributed by atoms with Crippen molar-refractivity contribution in [3.05, 3.63) is 23.4 Å². The van der Waals surface area contributed by atoms with Gasteiger partial charge in [0.25, 0.3) is 0 Å². The van der Waals surface area contributed by atoms with E-state index in [2.05, 4.69) is 27.3 Å². The molecule has 4 heteroatoms. The summed E-state index contributed by atoms with van der Waals surface area (Å²) in [5.74, 6) is 1.08. The van der Waals surface area contributed by atoms with Crippen LogP contribution in [0.1, 0.15) is 11.3 Å². The van der Waals surface area contributed by atoms with Crippen LogP contribution < -0.4 is 10.2 Å². The standard InChI is InChI=1S/C12H19N3O/c1-10-7-11(9-13-2)8-12(14-10)15-3-5-16-6-4-15/h7-8,13H,3-6,9H2,1-2H3. The first-order valence-electron chi connectivity index (χ1n) is 5.74. The van der Waals surface area contributed by atoms with Gasteiger partial charge >= 0.3 is 0 Å². The summed E-state index contributed by atoms with van der Waals surface area (Å²) in [6.07, 6.45) is 0. The Morgan fingerprint density at radius 2 is 2.12 bits per heavy atom. The molecule has 0 amide bonds. The maximum atomic E-state index is 5.35. The number of pyridine rings is 1. The number of rotatable bonds is 3. The lowest BCUT2D eigenvalue weighted by molar-refractivity contribution is 0.122. The molecule has 1 aliphatic heterocycles. The van der Waals surface area contributed by atoms with Gasteiger partial charge in [0.05, 0.1) is 13.2 Å². The van der Waals surface area contributed by atoms with Crippen molar-refractivity contribution in [3.8, 4) is 0 Å². The highest BCUT2D eigenvalue weighted by atomic mass is 16.5. The minimum absolute atomic E-state index is 0.803. The summed E-state index contributed by atoms with van der Waals surface area (Å²) in [7, 11) is 1.96. The Morgan fingerprint density at radius 3 is 2.81 bits per heavy atom. The number of hydrogen-bond donors (Lipinski definition) is 1. The van der Waals surface area contributed by atoms with Gasteiger partial charge < -0.3 is 15.0 Å². The quantitative estimate of drug-likeness (QED) is 0.824. The van der Waals surface area contributed by atoms with Gasteiger partial charge in [-0.05, 0) is 31.7 Å². The molecule has 0 spiro atoms. The SMILES string of the molecule is CNCc1cc(C)nc(N2CCOCC2)c1. The van der Waals surface area contributed by atoms with E-state index in [9.17, 15) is 0 Å². The van der Waals surface area contributed by atoms with Crippen LogP contribution in [0.2, 0.25) is 0 Å². The van der Waals surface area contributed by atoms with Gasteiger partial charge in [-0.1, -0.05) is 0 Å². The zero-order valence-electron chi connectivity index (χ0n) is 9.99. The molecule has 2 rings (SSSR count). The monoisotopic (exact) mass is 221 g/mol. The van der Waals surface area contributed by atoms with Crippen LogP contribution in [-0.4, -0.2) is 38.3 Å². The van der Waals surface area contributed by atoms with Gasteiger partial charge in [0.15, 0.2) is 0 Å². The van der Waals surface area contributed by atoms with E-state index in [0.29, 0.717) is 0 Å². The zero-order valence-corrected chi connectivity index (χ0v) is 9.99. The molecular weight excluding hydrogens is 202 g/mol. The van der Waals surface area contributed by atoms with Crippen LogP contribution in [0.3, 0.4) is 0 Å². The number of hydrogen-bond acceptors (Lipinski definition) is 4. The molecule has 1 N–H and O–H groups in total. The lowest BCUT2D eigenvalue weighted by Gasteiger charge is -2.28. The molecular formula is C12H19N3O. The summed E-state index contributed by atoms with van der Waals surface area (Å²) in [5, 5.41) is 3.17. The molecule has 88 valence electrons. The molecule has 0 radical (unpaired) electrons. The zero-order chi connectivity index (χ0) is 11.4. The fourth-order valence-electron chi connectivity index (χ4n) is 1.98. The molecule has 1 saturated heterocycles. The molecule has 0 atom stereocenters. The highest BCUT2D eigenvalue weighted by Gasteiger charge is 2.13. The van der Waals surface area contributed by atoms with E-state index in [-0.39, 0.29) is 0 Å². The number of nitrogens with one attached hydrogen (secondary N) is 1. The third-order valence-electron chi connectivity index (χ3n) is 2.72. The third-order valence-corrected chi connectivity index (χ3v) is 2.72. The molecule has 0 saturated carbocycles. The van der Waals surface area contributed by atoms with Crippen LogP contribution >= 0.6 is 0 Å². The summed E-state index contributed by atoms with van der Waals surface area (Å²) in [4.78, 5) is 6.87.